The van der Waals surface area contributed by atoms with Gasteiger partial charge in [0.2, 0.25) is 5.91 Å². The number of benzene rings is 1. The van der Waals surface area contributed by atoms with E-state index in [1.54, 1.807) is 6.07 Å². The Hall–Kier alpha value is -2.19. The average Bonchev–Trinajstić information content (AvgIpc) is 2.99. The van der Waals surface area contributed by atoms with Crippen LogP contribution < -0.4 is 10.6 Å². The van der Waals surface area contributed by atoms with Crippen molar-refractivity contribution < 1.29 is 19.1 Å². The van der Waals surface area contributed by atoms with E-state index in [0.717, 1.165) is 46.2 Å². The molecular formula is C20H21BrN2O4S. The van der Waals surface area contributed by atoms with Crippen LogP contribution in [0.3, 0.4) is 0 Å². The SMILES string of the molecule is CC(=O)Nc1sc2c(c1C(=O)OCC(=O)Nc1ccc(C)cc1Br)CCCC2. The van der Waals surface area contributed by atoms with Crippen molar-refractivity contribution in [3.8, 4) is 0 Å². The van der Waals surface area contributed by atoms with Gasteiger partial charge in [0, 0.05) is 16.3 Å². The van der Waals surface area contributed by atoms with Crippen molar-refractivity contribution in [1.29, 1.82) is 0 Å². The number of carbonyl (C=O) groups is 3. The van der Waals surface area contributed by atoms with Crippen molar-refractivity contribution in [2.75, 3.05) is 17.2 Å². The number of carbonyl (C=O) groups excluding carboxylic acids is 3. The van der Waals surface area contributed by atoms with E-state index in [-0.39, 0.29) is 5.91 Å². The van der Waals surface area contributed by atoms with Gasteiger partial charge in [0.05, 0.1) is 11.3 Å². The van der Waals surface area contributed by atoms with Crippen LogP contribution in [0, 0.1) is 6.92 Å². The predicted octanol–water partition coefficient (Wildman–Crippen LogP) is 4.45. The van der Waals surface area contributed by atoms with Gasteiger partial charge in [-0.3, -0.25) is 9.59 Å². The third kappa shape index (κ3) is 4.80. The van der Waals surface area contributed by atoms with Crippen LogP contribution in [0.15, 0.2) is 22.7 Å². The summed E-state index contributed by atoms with van der Waals surface area (Å²) in [5, 5.41) is 5.95. The maximum absolute atomic E-state index is 12.7. The van der Waals surface area contributed by atoms with E-state index in [1.165, 1.54) is 18.3 Å². The van der Waals surface area contributed by atoms with Gasteiger partial charge in [-0.05, 0) is 71.8 Å². The van der Waals surface area contributed by atoms with E-state index in [9.17, 15) is 14.4 Å². The lowest BCUT2D eigenvalue weighted by molar-refractivity contribution is -0.119. The highest BCUT2D eigenvalue weighted by Gasteiger charge is 2.27. The highest BCUT2D eigenvalue weighted by atomic mass is 79.9. The molecule has 1 aromatic carbocycles. The molecule has 2 amide bonds. The van der Waals surface area contributed by atoms with Crippen molar-refractivity contribution in [3.05, 3.63) is 44.2 Å². The topological polar surface area (TPSA) is 84.5 Å². The molecular weight excluding hydrogens is 444 g/mol. The van der Waals surface area contributed by atoms with Crippen LogP contribution in [0.25, 0.3) is 0 Å². The maximum Gasteiger partial charge on any atom is 0.341 e. The van der Waals surface area contributed by atoms with E-state index in [1.807, 2.05) is 19.1 Å². The number of aryl methyl sites for hydroxylation is 2. The summed E-state index contributed by atoms with van der Waals surface area (Å²) in [5.41, 5.74) is 2.99. The Morgan fingerprint density at radius 2 is 1.93 bits per heavy atom. The van der Waals surface area contributed by atoms with Gasteiger partial charge in [-0.25, -0.2) is 4.79 Å². The predicted molar refractivity (Wildman–Crippen MR) is 113 cm³/mol. The van der Waals surface area contributed by atoms with E-state index in [0.29, 0.717) is 16.3 Å². The van der Waals surface area contributed by atoms with Crippen LogP contribution in [0.4, 0.5) is 10.7 Å². The molecule has 0 saturated carbocycles. The van der Waals surface area contributed by atoms with Gasteiger partial charge in [0.25, 0.3) is 5.91 Å². The Balaban J connectivity index is 1.69. The fraction of sp³-hybridized carbons (Fsp3) is 0.350. The number of nitrogens with one attached hydrogen (secondary N) is 2. The third-order valence-electron chi connectivity index (χ3n) is 4.40. The number of esters is 1. The van der Waals surface area contributed by atoms with E-state index >= 15 is 0 Å². The van der Waals surface area contributed by atoms with Crippen LogP contribution in [-0.2, 0) is 27.2 Å². The summed E-state index contributed by atoms with van der Waals surface area (Å²) in [6, 6.07) is 5.55. The number of fused-ring (bicyclic) bond motifs is 1. The Bertz CT molecular complexity index is 939. The molecule has 8 heteroatoms. The first-order valence-corrected chi connectivity index (χ1v) is 10.6. The summed E-state index contributed by atoms with van der Waals surface area (Å²) in [4.78, 5) is 37.5. The Morgan fingerprint density at radius 3 is 2.64 bits per heavy atom. The van der Waals surface area contributed by atoms with Gasteiger partial charge in [-0.2, -0.15) is 0 Å². The minimum absolute atomic E-state index is 0.241. The number of hydrogen-bond donors (Lipinski definition) is 2. The first kappa shape index (κ1) is 20.5. The second kappa shape index (κ2) is 8.87. The van der Waals surface area contributed by atoms with E-state index < -0.39 is 18.5 Å². The zero-order chi connectivity index (χ0) is 20.3. The molecule has 1 aliphatic rings. The molecule has 0 bridgehead atoms. The van der Waals surface area contributed by atoms with Crippen molar-refractivity contribution in [3.63, 3.8) is 0 Å². The zero-order valence-corrected chi connectivity index (χ0v) is 18.1. The molecule has 2 aromatic rings. The average molecular weight is 465 g/mol. The van der Waals surface area contributed by atoms with Gasteiger partial charge in [0.1, 0.15) is 5.00 Å². The zero-order valence-electron chi connectivity index (χ0n) is 15.7. The monoisotopic (exact) mass is 464 g/mol. The number of halogens is 1. The lowest BCUT2D eigenvalue weighted by atomic mass is 9.95. The van der Waals surface area contributed by atoms with E-state index in [4.69, 9.17) is 4.74 Å². The maximum atomic E-state index is 12.7. The number of hydrogen-bond acceptors (Lipinski definition) is 5. The molecule has 0 fully saturated rings. The molecule has 1 heterocycles. The van der Waals surface area contributed by atoms with Gasteiger partial charge in [-0.15, -0.1) is 11.3 Å². The minimum Gasteiger partial charge on any atom is -0.452 e. The minimum atomic E-state index is -0.582. The standard InChI is InChI=1S/C20H21BrN2O4S/c1-11-7-8-15(14(21)9-11)23-17(25)10-27-20(26)18-13-5-3-4-6-16(13)28-19(18)22-12(2)24/h7-9H,3-6,10H2,1-2H3,(H,22,24)(H,23,25). The molecule has 148 valence electrons. The molecule has 1 aliphatic carbocycles. The summed E-state index contributed by atoms with van der Waals surface area (Å²) in [6.07, 6.45) is 3.72. The van der Waals surface area contributed by atoms with Crippen LogP contribution in [-0.4, -0.2) is 24.4 Å². The molecule has 1 aromatic heterocycles. The van der Waals surface area contributed by atoms with Crippen molar-refractivity contribution in [1.82, 2.24) is 0 Å². The highest BCUT2D eigenvalue weighted by Crippen LogP contribution is 2.38. The lowest BCUT2D eigenvalue weighted by Crippen LogP contribution is -2.22. The van der Waals surface area contributed by atoms with Gasteiger partial charge < -0.3 is 15.4 Å². The molecule has 0 unspecified atom stereocenters. The smallest absolute Gasteiger partial charge is 0.341 e. The first-order valence-electron chi connectivity index (χ1n) is 9.00. The molecule has 0 atom stereocenters. The molecule has 3 rings (SSSR count). The summed E-state index contributed by atoms with van der Waals surface area (Å²) in [5.74, 6) is -1.25. The summed E-state index contributed by atoms with van der Waals surface area (Å²) >= 11 is 4.82. The first-order chi connectivity index (χ1) is 13.3. The second-order valence-corrected chi connectivity index (χ2v) is 8.66. The normalized spacial score (nSPS) is 12.8. The summed E-state index contributed by atoms with van der Waals surface area (Å²) < 4.78 is 6.02. The van der Waals surface area contributed by atoms with E-state index in [2.05, 4.69) is 26.6 Å². The Labute approximate surface area is 175 Å². The lowest BCUT2D eigenvalue weighted by Gasteiger charge is -2.13. The number of amides is 2. The molecule has 28 heavy (non-hydrogen) atoms. The molecule has 0 spiro atoms. The number of anilines is 2. The molecule has 0 aliphatic heterocycles. The Kier molecular flexibility index (Phi) is 6.51. The second-order valence-electron chi connectivity index (χ2n) is 6.70. The molecule has 0 saturated heterocycles. The number of rotatable bonds is 5. The highest BCUT2D eigenvalue weighted by molar-refractivity contribution is 9.10. The number of thiophene rings is 1. The van der Waals surface area contributed by atoms with Crippen LogP contribution in [0.1, 0.15) is 46.1 Å². The van der Waals surface area contributed by atoms with Crippen LogP contribution in [0.5, 0.6) is 0 Å². The third-order valence-corrected chi connectivity index (χ3v) is 6.26. The van der Waals surface area contributed by atoms with Crippen molar-refractivity contribution in [2.45, 2.75) is 39.5 Å². The van der Waals surface area contributed by atoms with Gasteiger partial charge >= 0.3 is 5.97 Å². The number of ether oxygens (including phenoxy) is 1. The van der Waals surface area contributed by atoms with Crippen molar-refractivity contribution in [2.24, 2.45) is 0 Å². The van der Waals surface area contributed by atoms with Gasteiger partial charge in [-0.1, -0.05) is 6.07 Å². The molecule has 2 N–H and O–H groups in total. The summed E-state index contributed by atoms with van der Waals surface area (Å²) in [6.45, 7) is 2.95. The molecule has 0 radical (unpaired) electrons. The quantitative estimate of drug-likeness (QED) is 0.639. The Morgan fingerprint density at radius 1 is 1.18 bits per heavy atom. The van der Waals surface area contributed by atoms with Gasteiger partial charge in [0.15, 0.2) is 6.61 Å². The summed E-state index contributed by atoms with van der Waals surface area (Å²) in [7, 11) is 0. The largest absolute Gasteiger partial charge is 0.452 e. The van der Waals surface area contributed by atoms with Crippen LogP contribution >= 0.6 is 27.3 Å². The fourth-order valence-corrected chi connectivity index (χ4v) is 5.06. The molecule has 6 nitrogen and oxygen atoms in total. The van der Waals surface area contributed by atoms with Crippen molar-refractivity contribution >= 4 is 55.7 Å². The van der Waals surface area contributed by atoms with Crippen LogP contribution in [0.2, 0.25) is 0 Å². The fourth-order valence-electron chi connectivity index (χ4n) is 3.14.